The number of nitrogens with zero attached hydrogens (tertiary/aromatic N) is 1. The van der Waals surface area contributed by atoms with Crippen LogP contribution in [-0.4, -0.2) is 25.8 Å². The lowest BCUT2D eigenvalue weighted by Gasteiger charge is -2.27. The molecule has 2 rings (SSSR count). The van der Waals surface area contributed by atoms with E-state index in [0.717, 1.165) is 17.5 Å². The molecule has 0 amide bonds. The first-order valence-electron chi connectivity index (χ1n) is 7.46. The van der Waals surface area contributed by atoms with Crippen LogP contribution in [0.2, 0.25) is 0 Å². The van der Waals surface area contributed by atoms with E-state index in [0.29, 0.717) is 30.4 Å². The van der Waals surface area contributed by atoms with Crippen LogP contribution in [0.15, 0.2) is 23.1 Å². The van der Waals surface area contributed by atoms with Crippen LogP contribution < -0.4 is 5.73 Å². The van der Waals surface area contributed by atoms with Gasteiger partial charge in [-0.25, -0.2) is 8.42 Å². The molecule has 4 nitrogen and oxygen atoms in total. The molecule has 0 saturated carbocycles. The van der Waals surface area contributed by atoms with Crippen molar-refractivity contribution in [3.8, 4) is 0 Å². The van der Waals surface area contributed by atoms with Crippen molar-refractivity contribution in [1.29, 1.82) is 0 Å². The lowest BCUT2D eigenvalue weighted by Crippen LogP contribution is -2.31. The third kappa shape index (κ3) is 3.30. The molecular formula is C16H26N2O2S. The zero-order chi connectivity index (χ0) is 15.8. The highest BCUT2D eigenvalue weighted by Gasteiger charge is 2.38. The van der Waals surface area contributed by atoms with Gasteiger partial charge in [-0.15, -0.1) is 0 Å². The monoisotopic (exact) mass is 310 g/mol. The Morgan fingerprint density at radius 1 is 1.33 bits per heavy atom. The highest BCUT2D eigenvalue weighted by molar-refractivity contribution is 7.89. The molecule has 1 fully saturated rings. The van der Waals surface area contributed by atoms with Crippen molar-refractivity contribution >= 4 is 10.0 Å². The molecule has 1 saturated heterocycles. The largest absolute Gasteiger partial charge is 0.326 e. The third-order valence-electron chi connectivity index (χ3n) is 4.48. The van der Waals surface area contributed by atoms with E-state index in [1.54, 1.807) is 10.4 Å². The third-order valence-corrected chi connectivity index (χ3v) is 6.49. The van der Waals surface area contributed by atoms with E-state index < -0.39 is 10.0 Å². The van der Waals surface area contributed by atoms with E-state index in [-0.39, 0.29) is 5.41 Å². The van der Waals surface area contributed by atoms with Gasteiger partial charge in [-0.1, -0.05) is 32.9 Å². The van der Waals surface area contributed by atoms with Gasteiger partial charge in [0.1, 0.15) is 0 Å². The van der Waals surface area contributed by atoms with Crippen molar-refractivity contribution < 1.29 is 8.42 Å². The van der Waals surface area contributed by atoms with Crippen LogP contribution in [0, 0.1) is 18.3 Å². The second-order valence-electron chi connectivity index (χ2n) is 7.02. The number of sulfonamides is 1. The maximum atomic E-state index is 12.9. The Hall–Kier alpha value is -0.910. The Labute approximate surface area is 128 Å². The first kappa shape index (κ1) is 16.5. The molecule has 1 heterocycles. The Balaban J connectivity index is 2.32. The average Bonchev–Trinajstić information content (AvgIpc) is 2.89. The Morgan fingerprint density at radius 3 is 2.52 bits per heavy atom. The molecule has 118 valence electrons. The summed E-state index contributed by atoms with van der Waals surface area (Å²) in [5.74, 6) is 0.408. The van der Waals surface area contributed by atoms with Crippen LogP contribution >= 0.6 is 0 Å². The van der Waals surface area contributed by atoms with Gasteiger partial charge in [-0.3, -0.25) is 0 Å². The van der Waals surface area contributed by atoms with Gasteiger partial charge < -0.3 is 5.73 Å². The van der Waals surface area contributed by atoms with Gasteiger partial charge in [0.25, 0.3) is 0 Å². The van der Waals surface area contributed by atoms with Crippen molar-refractivity contribution in [2.75, 3.05) is 13.1 Å². The van der Waals surface area contributed by atoms with E-state index in [1.165, 1.54) is 0 Å². The topological polar surface area (TPSA) is 63.4 Å². The van der Waals surface area contributed by atoms with Gasteiger partial charge in [0.2, 0.25) is 10.0 Å². The Bertz CT molecular complexity index is 618. The minimum atomic E-state index is -3.42. The molecule has 1 unspecified atom stereocenters. The van der Waals surface area contributed by atoms with Gasteiger partial charge in [-0.2, -0.15) is 4.31 Å². The lowest BCUT2D eigenvalue weighted by atomic mass is 9.80. The summed E-state index contributed by atoms with van der Waals surface area (Å²) in [6.07, 6.45) is 0.929. The van der Waals surface area contributed by atoms with E-state index in [2.05, 4.69) is 20.8 Å². The molecule has 0 aliphatic carbocycles. The molecule has 1 aliphatic rings. The minimum Gasteiger partial charge on any atom is -0.326 e. The predicted octanol–water partition coefficient (Wildman–Crippen LogP) is 2.51. The highest BCUT2D eigenvalue weighted by atomic mass is 32.2. The highest BCUT2D eigenvalue weighted by Crippen LogP contribution is 2.36. The summed E-state index contributed by atoms with van der Waals surface area (Å²) in [4.78, 5) is 0.403. The van der Waals surface area contributed by atoms with E-state index in [1.807, 2.05) is 19.1 Å². The fourth-order valence-electron chi connectivity index (χ4n) is 2.84. The number of aryl methyl sites for hydroxylation is 1. The molecule has 0 spiro atoms. The van der Waals surface area contributed by atoms with Crippen molar-refractivity contribution in [3.05, 3.63) is 29.3 Å². The van der Waals surface area contributed by atoms with Gasteiger partial charge in [0.05, 0.1) is 4.90 Å². The first-order valence-corrected chi connectivity index (χ1v) is 8.90. The minimum absolute atomic E-state index is 0.137. The first-order chi connectivity index (χ1) is 9.66. The van der Waals surface area contributed by atoms with Gasteiger partial charge >= 0.3 is 0 Å². The zero-order valence-electron chi connectivity index (χ0n) is 13.4. The van der Waals surface area contributed by atoms with Gasteiger partial charge in [0, 0.05) is 19.6 Å². The molecule has 1 atom stereocenters. The van der Waals surface area contributed by atoms with Crippen LogP contribution in [-0.2, 0) is 16.6 Å². The standard InChI is InChI=1S/C16H26N2O2S/c1-12-5-6-13(10-17)9-15(12)21(19,20)18-8-7-14(11-18)16(2,3)4/h5-6,9,14H,7-8,10-11,17H2,1-4H3. The summed E-state index contributed by atoms with van der Waals surface area (Å²) in [5, 5.41) is 0. The summed E-state index contributed by atoms with van der Waals surface area (Å²) in [7, 11) is -3.42. The van der Waals surface area contributed by atoms with E-state index in [4.69, 9.17) is 5.73 Å². The van der Waals surface area contributed by atoms with Crippen molar-refractivity contribution in [2.45, 2.75) is 45.6 Å². The van der Waals surface area contributed by atoms with E-state index in [9.17, 15) is 8.42 Å². The smallest absolute Gasteiger partial charge is 0.243 e. The molecule has 0 bridgehead atoms. The molecular weight excluding hydrogens is 284 g/mol. The van der Waals surface area contributed by atoms with Crippen LogP contribution in [0.5, 0.6) is 0 Å². The van der Waals surface area contributed by atoms with Crippen molar-refractivity contribution in [3.63, 3.8) is 0 Å². The molecule has 5 heteroatoms. The zero-order valence-corrected chi connectivity index (χ0v) is 14.2. The second-order valence-corrected chi connectivity index (χ2v) is 8.93. The maximum Gasteiger partial charge on any atom is 0.243 e. The lowest BCUT2D eigenvalue weighted by molar-refractivity contribution is 0.252. The molecule has 21 heavy (non-hydrogen) atoms. The normalized spacial score (nSPS) is 20.9. The fraction of sp³-hybridized carbons (Fsp3) is 0.625. The number of hydrogen-bond donors (Lipinski definition) is 1. The fourth-order valence-corrected chi connectivity index (χ4v) is 4.62. The van der Waals surface area contributed by atoms with Crippen LogP contribution in [0.1, 0.15) is 38.3 Å². The Kier molecular flexibility index (Phi) is 4.47. The molecule has 1 aliphatic heterocycles. The van der Waals surface area contributed by atoms with Crippen LogP contribution in [0.3, 0.4) is 0 Å². The van der Waals surface area contributed by atoms with Crippen LogP contribution in [0.25, 0.3) is 0 Å². The van der Waals surface area contributed by atoms with Crippen LogP contribution in [0.4, 0.5) is 0 Å². The molecule has 1 aromatic carbocycles. The summed E-state index contributed by atoms with van der Waals surface area (Å²) in [6.45, 7) is 9.93. The number of hydrogen-bond acceptors (Lipinski definition) is 3. The molecule has 2 N–H and O–H groups in total. The summed E-state index contributed by atoms with van der Waals surface area (Å²) < 4.78 is 27.4. The second kappa shape index (κ2) is 5.71. The average molecular weight is 310 g/mol. The molecule has 0 aromatic heterocycles. The number of benzene rings is 1. The predicted molar refractivity (Wildman–Crippen MR) is 85.4 cm³/mol. The van der Waals surface area contributed by atoms with Gasteiger partial charge in [-0.05, 0) is 41.9 Å². The summed E-state index contributed by atoms with van der Waals surface area (Å²) >= 11 is 0. The molecule has 0 radical (unpaired) electrons. The molecule has 1 aromatic rings. The maximum absolute atomic E-state index is 12.9. The van der Waals surface area contributed by atoms with Crippen molar-refractivity contribution in [1.82, 2.24) is 4.31 Å². The summed E-state index contributed by atoms with van der Waals surface area (Å²) in [5.41, 5.74) is 7.41. The van der Waals surface area contributed by atoms with Crippen molar-refractivity contribution in [2.24, 2.45) is 17.1 Å². The quantitative estimate of drug-likeness (QED) is 0.933. The number of nitrogens with two attached hydrogens (primary N) is 1. The SMILES string of the molecule is Cc1ccc(CN)cc1S(=O)(=O)N1CCC(C(C)(C)C)C1. The van der Waals surface area contributed by atoms with E-state index >= 15 is 0 Å². The van der Waals surface area contributed by atoms with Gasteiger partial charge in [0.15, 0.2) is 0 Å². The number of rotatable bonds is 3. The Morgan fingerprint density at radius 2 is 2.00 bits per heavy atom. The summed E-state index contributed by atoms with van der Waals surface area (Å²) in [6, 6.07) is 5.44.